The number of rotatable bonds is 4. The van der Waals surface area contributed by atoms with E-state index in [0.29, 0.717) is 21.3 Å². The zero-order chi connectivity index (χ0) is 23.3. The number of imidazole rings is 1. The Morgan fingerprint density at radius 2 is 2.06 bits per heavy atom. The number of fused-ring (bicyclic) bond motifs is 2. The molecule has 11 nitrogen and oxygen atoms in total. The van der Waals surface area contributed by atoms with Crippen molar-refractivity contribution in [2.45, 2.75) is 41.5 Å². The molecule has 2 fully saturated rings. The SMILES string of the molecule is CC(=O)O[C@@H]1[C@@H]2OP(=O)(O)OC[C@H]2O[C@H]1n1c(Sc2ccc(Cl)cc2)nc2c(Cl)ncnc21. The molecule has 0 amide bonds. The lowest BCUT2D eigenvalue weighted by molar-refractivity contribution is -0.155. The lowest BCUT2D eigenvalue weighted by Crippen LogP contribution is -2.41. The molecule has 0 bridgehead atoms. The van der Waals surface area contributed by atoms with Gasteiger partial charge < -0.3 is 14.4 Å². The molecule has 1 unspecified atom stereocenters. The van der Waals surface area contributed by atoms with Gasteiger partial charge in [-0.05, 0) is 24.3 Å². The molecule has 0 radical (unpaired) electrons. The van der Waals surface area contributed by atoms with Crippen LogP contribution in [0.25, 0.3) is 11.2 Å². The molecule has 5 atom stereocenters. The number of benzene rings is 1. The van der Waals surface area contributed by atoms with Gasteiger partial charge in [-0.25, -0.2) is 19.5 Å². The monoisotopic (exact) mass is 532 g/mol. The molecule has 3 aromatic rings. The van der Waals surface area contributed by atoms with E-state index in [2.05, 4.69) is 15.0 Å². The summed E-state index contributed by atoms with van der Waals surface area (Å²) in [6.07, 6.45) is -2.66. The molecular formula is C18H15Cl2N4O7PS. The lowest BCUT2D eigenvalue weighted by atomic mass is 10.1. The molecule has 5 rings (SSSR count). The highest BCUT2D eigenvalue weighted by molar-refractivity contribution is 7.99. The predicted octanol–water partition coefficient (Wildman–Crippen LogP) is 3.63. The molecule has 174 valence electrons. The molecule has 0 saturated carbocycles. The van der Waals surface area contributed by atoms with Gasteiger partial charge in [0.25, 0.3) is 0 Å². The average Bonchev–Trinajstić information content (AvgIpc) is 3.27. The molecule has 2 aliphatic heterocycles. The van der Waals surface area contributed by atoms with Crippen molar-refractivity contribution in [2.24, 2.45) is 0 Å². The molecule has 33 heavy (non-hydrogen) atoms. The third-order valence-corrected chi connectivity index (χ3v) is 7.41. The summed E-state index contributed by atoms with van der Waals surface area (Å²) in [5, 5.41) is 1.10. The van der Waals surface area contributed by atoms with E-state index in [0.717, 1.165) is 4.90 Å². The Labute approximate surface area is 200 Å². The minimum atomic E-state index is -4.33. The van der Waals surface area contributed by atoms with E-state index >= 15 is 0 Å². The van der Waals surface area contributed by atoms with E-state index < -0.39 is 38.3 Å². The Morgan fingerprint density at radius 1 is 1.30 bits per heavy atom. The van der Waals surface area contributed by atoms with Crippen LogP contribution in [0.3, 0.4) is 0 Å². The Morgan fingerprint density at radius 3 is 2.79 bits per heavy atom. The Hall–Kier alpha value is -1.76. The summed E-state index contributed by atoms with van der Waals surface area (Å²) in [5.41, 5.74) is 0.626. The molecule has 1 N–H and O–H groups in total. The fraction of sp³-hybridized carbons (Fsp3) is 0.333. The predicted molar refractivity (Wildman–Crippen MR) is 116 cm³/mol. The number of nitrogens with zero attached hydrogens (tertiary/aromatic N) is 4. The molecule has 2 saturated heterocycles. The van der Waals surface area contributed by atoms with Crippen LogP contribution in [-0.4, -0.2) is 55.3 Å². The van der Waals surface area contributed by atoms with Crippen LogP contribution in [-0.2, 0) is 27.9 Å². The Balaban J connectivity index is 1.62. The zero-order valence-electron chi connectivity index (χ0n) is 16.7. The van der Waals surface area contributed by atoms with E-state index in [1.54, 1.807) is 16.7 Å². The number of halogens is 2. The summed E-state index contributed by atoms with van der Waals surface area (Å²) in [6.45, 7) is 0.991. The van der Waals surface area contributed by atoms with Crippen LogP contribution in [0.1, 0.15) is 13.2 Å². The van der Waals surface area contributed by atoms with Crippen molar-refractivity contribution in [2.75, 3.05) is 6.61 Å². The number of hydrogen-bond acceptors (Lipinski definition) is 10. The van der Waals surface area contributed by atoms with Crippen molar-refractivity contribution < 1.29 is 32.8 Å². The first-order valence-electron chi connectivity index (χ1n) is 9.52. The third kappa shape index (κ3) is 4.50. The van der Waals surface area contributed by atoms with Gasteiger partial charge >= 0.3 is 13.8 Å². The number of carbonyl (C=O) groups is 1. The molecule has 15 heteroatoms. The fourth-order valence-corrected chi connectivity index (χ4v) is 5.78. The standard InChI is InChI=1S/C18H15Cl2N4O7PS/c1-8(25)29-14-13-11(6-28-32(26,27)31-13)30-17(14)24-16-12(15(20)21-7-22-16)23-18(24)33-10-4-2-9(19)3-5-10/h2-5,7,11,13-14,17H,6H2,1H3,(H,26,27)/t11-,13-,14-,17-/m1/s1. The molecule has 1 aromatic carbocycles. The van der Waals surface area contributed by atoms with Crippen LogP contribution in [0.5, 0.6) is 0 Å². The van der Waals surface area contributed by atoms with Gasteiger partial charge in [-0.1, -0.05) is 35.0 Å². The second kappa shape index (κ2) is 8.79. The molecule has 0 spiro atoms. The first-order valence-corrected chi connectivity index (χ1v) is 12.6. The second-order valence-corrected chi connectivity index (χ2v) is 10.4. The van der Waals surface area contributed by atoms with E-state index in [9.17, 15) is 14.3 Å². The van der Waals surface area contributed by atoms with Crippen molar-refractivity contribution in [3.05, 3.63) is 40.8 Å². The van der Waals surface area contributed by atoms with Gasteiger partial charge in [-0.15, -0.1) is 0 Å². The van der Waals surface area contributed by atoms with Crippen molar-refractivity contribution in [1.82, 2.24) is 19.5 Å². The average molecular weight is 533 g/mol. The summed E-state index contributed by atoms with van der Waals surface area (Å²) in [6, 6.07) is 7.08. The quantitative estimate of drug-likeness (QED) is 0.299. The number of carbonyl (C=O) groups excluding carboxylic acids is 1. The van der Waals surface area contributed by atoms with Crippen LogP contribution >= 0.6 is 42.8 Å². The van der Waals surface area contributed by atoms with Crippen molar-refractivity contribution in [3.63, 3.8) is 0 Å². The van der Waals surface area contributed by atoms with Crippen LogP contribution in [0.2, 0.25) is 10.2 Å². The van der Waals surface area contributed by atoms with Crippen LogP contribution in [0, 0.1) is 0 Å². The topological polar surface area (TPSA) is 135 Å². The third-order valence-electron chi connectivity index (χ3n) is 4.92. The van der Waals surface area contributed by atoms with E-state index in [1.807, 2.05) is 12.1 Å². The van der Waals surface area contributed by atoms with Gasteiger partial charge in [0.2, 0.25) is 0 Å². The number of hydrogen-bond donors (Lipinski definition) is 1. The Kier molecular flexibility index (Phi) is 6.13. The smallest absolute Gasteiger partial charge is 0.455 e. The minimum absolute atomic E-state index is 0.121. The van der Waals surface area contributed by atoms with Gasteiger partial charge in [-0.3, -0.25) is 18.4 Å². The first kappa shape index (κ1) is 23.0. The number of phosphoric acid groups is 1. The number of aromatic nitrogens is 4. The molecule has 2 aromatic heterocycles. The van der Waals surface area contributed by atoms with E-state index in [4.69, 9.17) is 41.7 Å². The van der Waals surface area contributed by atoms with Crippen LogP contribution in [0.15, 0.2) is 40.6 Å². The number of ether oxygens (including phenoxy) is 2. The highest BCUT2D eigenvalue weighted by atomic mass is 35.5. The largest absolute Gasteiger partial charge is 0.472 e. The van der Waals surface area contributed by atoms with Gasteiger partial charge in [0.15, 0.2) is 28.3 Å². The fourth-order valence-electron chi connectivity index (χ4n) is 3.62. The van der Waals surface area contributed by atoms with Crippen molar-refractivity contribution in [3.8, 4) is 0 Å². The maximum atomic E-state index is 12.0. The van der Waals surface area contributed by atoms with E-state index in [-0.39, 0.29) is 11.8 Å². The second-order valence-electron chi connectivity index (χ2n) is 7.13. The molecule has 0 aliphatic carbocycles. The van der Waals surface area contributed by atoms with Gasteiger partial charge in [-0.2, -0.15) is 0 Å². The maximum absolute atomic E-state index is 12.0. The highest BCUT2D eigenvalue weighted by Gasteiger charge is 2.55. The van der Waals surface area contributed by atoms with Gasteiger partial charge in [0.1, 0.15) is 24.1 Å². The lowest BCUT2D eigenvalue weighted by Gasteiger charge is -2.29. The summed E-state index contributed by atoms with van der Waals surface area (Å²) >= 11 is 13.5. The maximum Gasteiger partial charge on any atom is 0.472 e. The minimum Gasteiger partial charge on any atom is -0.455 e. The van der Waals surface area contributed by atoms with Gasteiger partial charge in [0, 0.05) is 16.8 Å². The van der Waals surface area contributed by atoms with Gasteiger partial charge in [0.05, 0.1) is 6.61 Å². The summed E-state index contributed by atoms with van der Waals surface area (Å²) in [4.78, 5) is 35.4. The first-order chi connectivity index (χ1) is 15.7. The van der Waals surface area contributed by atoms with E-state index in [1.165, 1.54) is 25.0 Å². The normalized spacial score (nSPS) is 29.2. The summed E-state index contributed by atoms with van der Waals surface area (Å²) in [5.74, 6) is -0.624. The number of esters is 1. The van der Waals surface area contributed by atoms with Crippen molar-refractivity contribution >= 4 is 59.9 Å². The zero-order valence-corrected chi connectivity index (χ0v) is 19.9. The molecule has 2 aliphatic rings. The number of phosphoric ester groups is 1. The molecular weight excluding hydrogens is 518 g/mol. The van der Waals surface area contributed by atoms with Crippen LogP contribution in [0.4, 0.5) is 0 Å². The summed E-state index contributed by atoms with van der Waals surface area (Å²) in [7, 11) is -4.33. The van der Waals surface area contributed by atoms with Crippen LogP contribution < -0.4 is 0 Å². The molecule has 4 heterocycles. The highest BCUT2D eigenvalue weighted by Crippen LogP contribution is 2.53. The van der Waals surface area contributed by atoms with Crippen molar-refractivity contribution in [1.29, 1.82) is 0 Å². The summed E-state index contributed by atoms with van der Waals surface area (Å²) < 4.78 is 35.3. The Bertz CT molecular complexity index is 1280.